The van der Waals surface area contributed by atoms with Gasteiger partial charge in [0.05, 0.1) is 11.4 Å². The van der Waals surface area contributed by atoms with Crippen LogP contribution in [-0.4, -0.2) is 9.97 Å². The van der Waals surface area contributed by atoms with Gasteiger partial charge in [0.15, 0.2) is 5.82 Å². The highest BCUT2D eigenvalue weighted by molar-refractivity contribution is 6.07. The van der Waals surface area contributed by atoms with Crippen molar-refractivity contribution in [3.63, 3.8) is 0 Å². The van der Waals surface area contributed by atoms with Crippen molar-refractivity contribution in [3.05, 3.63) is 158 Å². The molecule has 0 aliphatic carbocycles. The van der Waals surface area contributed by atoms with Gasteiger partial charge < -0.3 is 4.42 Å². The van der Waals surface area contributed by atoms with Crippen LogP contribution in [0.2, 0.25) is 0 Å². The van der Waals surface area contributed by atoms with Crippen LogP contribution in [-0.2, 0) is 0 Å². The number of fused-ring (bicyclic) bond motifs is 3. The predicted molar refractivity (Wildman–Crippen MR) is 176 cm³/mol. The first kappa shape index (κ1) is 25.0. The topological polar surface area (TPSA) is 38.9 Å². The first-order valence-electron chi connectivity index (χ1n) is 14.4. The Morgan fingerprint density at radius 2 is 0.814 bits per heavy atom. The molecule has 2 aromatic heterocycles. The molecular weight excluding hydrogens is 524 g/mol. The van der Waals surface area contributed by atoms with Crippen molar-refractivity contribution in [3.8, 4) is 56.2 Å². The number of aromatic nitrogens is 2. The summed E-state index contributed by atoms with van der Waals surface area (Å²) >= 11 is 0. The molecule has 0 unspecified atom stereocenters. The summed E-state index contributed by atoms with van der Waals surface area (Å²) in [5.41, 5.74) is 11.2. The van der Waals surface area contributed by atoms with Gasteiger partial charge >= 0.3 is 0 Å². The molecule has 0 aliphatic rings. The zero-order valence-electron chi connectivity index (χ0n) is 23.3. The van der Waals surface area contributed by atoms with E-state index in [1.165, 1.54) is 16.7 Å². The van der Waals surface area contributed by atoms with Crippen LogP contribution < -0.4 is 0 Å². The van der Waals surface area contributed by atoms with E-state index in [1.807, 2.05) is 42.5 Å². The molecule has 0 N–H and O–H groups in total. The van der Waals surface area contributed by atoms with E-state index in [4.69, 9.17) is 14.4 Å². The number of rotatable bonds is 5. The van der Waals surface area contributed by atoms with Crippen LogP contribution in [0.25, 0.3) is 78.1 Å². The van der Waals surface area contributed by atoms with E-state index in [9.17, 15) is 0 Å². The van der Waals surface area contributed by atoms with Gasteiger partial charge in [-0.2, -0.15) is 0 Å². The second-order valence-electron chi connectivity index (χ2n) is 10.7. The summed E-state index contributed by atoms with van der Waals surface area (Å²) in [6, 6.07) is 54.4. The van der Waals surface area contributed by atoms with Gasteiger partial charge in [0, 0.05) is 27.5 Å². The van der Waals surface area contributed by atoms with Crippen molar-refractivity contribution in [2.45, 2.75) is 0 Å². The molecule has 0 radical (unpaired) electrons. The van der Waals surface area contributed by atoms with E-state index in [0.717, 1.165) is 55.6 Å². The zero-order valence-corrected chi connectivity index (χ0v) is 23.3. The molecule has 43 heavy (non-hydrogen) atoms. The molecule has 3 heteroatoms. The van der Waals surface area contributed by atoms with Crippen LogP contribution in [0.4, 0.5) is 0 Å². The Balaban J connectivity index is 1.19. The molecule has 202 valence electrons. The van der Waals surface area contributed by atoms with Crippen molar-refractivity contribution < 1.29 is 4.42 Å². The lowest BCUT2D eigenvalue weighted by Crippen LogP contribution is -1.95. The van der Waals surface area contributed by atoms with E-state index < -0.39 is 0 Å². The van der Waals surface area contributed by atoms with Gasteiger partial charge in [-0.25, -0.2) is 9.97 Å². The van der Waals surface area contributed by atoms with E-state index in [-0.39, 0.29) is 0 Å². The second-order valence-corrected chi connectivity index (χ2v) is 10.7. The summed E-state index contributed by atoms with van der Waals surface area (Å²) in [5.74, 6) is 0.668. The lowest BCUT2D eigenvalue weighted by Gasteiger charge is -2.09. The van der Waals surface area contributed by atoms with Gasteiger partial charge in [0.2, 0.25) is 0 Å². The van der Waals surface area contributed by atoms with Gasteiger partial charge in [0.25, 0.3) is 0 Å². The third-order valence-electron chi connectivity index (χ3n) is 7.92. The summed E-state index contributed by atoms with van der Waals surface area (Å²) in [6.45, 7) is 0. The summed E-state index contributed by atoms with van der Waals surface area (Å²) < 4.78 is 6.36. The summed E-state index contributed by atoms with van der Waals surface area (Å²) in [6.07, 6.45) is 0. The molecule has 0 amide bonds. The Bertz CT molecular complexity index is 2140. The van der Waals surface area contributed by atoms with Crippen LogP contribution in [0.15, 0.2) is 162 Å². The third kappa shape index (κ3) is 4.77. The van der Waals surface area contributed by atoms with Gasteiger partial charge in [0.1, 0.15) is 11.2 Å². The minimum absolute atomic E-state index is 0.668. The van der Waals surface area contributed by atoms with Gasteiger partial charge in [-0.3, -0.25) is 0 Å². The van der Waals surface area contributed by atoms with Gasteiger partial charge in [-0.15, -0.1) is 0 Å². The average molecular weight is 551 g/mol. The van der Waals surface area contributed by atoms with E-state index in [1.54, 1.807) is 0 Å². The van der Waals surface area contributed by atoms with Crippen molar-refractivity contribution in [2.24, 2.45) is 0 Å². The van der Waals surface area contributed by atoms with Crippen LogP contribution in [0.1, 0.15) is 0 Å². The first-order chi connectivity index (χ1) is 21.3. The Kier molecular flexibility index (Phi) is 6.12. The zero-order chi connectivity index (χ0) is 28.6. The predicted octanol–water partition coefficient (Wildman–Crippen LogP) is 10.7. The monoisotopic (exact) mass is 550 g/mol. The fraction of sp³-hybridized carbons (Fsp3) is 0. The van der Waals surface area contributed by atoms with Crippen LogP contribution in [0.5, 0.6) is 0 Å². The smallest absolute Gasteiger partial charge is 0.160 e. The molecule has 8 aromatic rings. The summed E-state index contributed by atoms with van der Waals surface area (Å²) in [5, 5.41) is 2.17. The largest absolute Gasteiger partial charge is 0.456 e. The summed E-state index contributed by atoms with van der Waals surface area (Å²) in [7, 11) is 0. The second kappa shape index (κ2) is 10.6. The molecule has 0 spiro atoms. The molecule has 0 atom stereocenters. The first-order valence-corrected chi connectivity index (χ1v) is 14.4. The minimum Gasteiger partial charge on any atom is -0.456 e. The van der Waals surface area contributed by atoms with Crippen LogP contribution in [0.3, 0.4) is 0 Å². The molecule has 8 rings (SSSR count). The third-order valence-corrected chi connectivity index (χ3v) is 7.92. The van der Waals surface area contributed by atoms with Crippen molar-refractivity contribution >= 4 is 21.9 Å². The van der Waals surface area contributed by atoms with Crippen LogP contribution >= 0.6 is 0 Å². The highest BCUT2D eigenvalue weighted by atomic mass is 16.3. The van der Waals surface area contributed by atoms with Crippen molar-refractivity contribution in [1.82, 2.24) is 9.97 Å². The molecule has 0 saturated heterocycles. The Labute approximate surface area is 249 Å². The quantitative estimate of drug-likeness (QED) is 0.214. The Hall–Kier alpha value is -5.80. The SMILES string of the molecule is c1ccc(-c2ccc(-c3ccc4oc5cc(-c6nc(-c7ccccc7)cc(-c7ccccc7)n6)ccc5c4c3)cc2)cc1. The van der Waals surface area contributed by atoms with Gasteiger partial charge in [-0.05, 0) is 52.6 Å². The maximum atomic E-state index is 6.36. The number of hydrogen-bond acceptors (Lipinski definition) is 3. The molecule has 2 heterocycles. The Morgan fingerprint density at radius 1 is 0.326 bits per heavy atom. The number of benzene rings is 6. The summed E-state index contributed by atoms with van der Waals surface area (Å²) in [4.78, 5) is 9.98. The normalized spacial score (nSPS) is 11.3. The number of furan rings is 1. The average Bonchev–Trinajstić information content (AvgIpc) is 3.46. The number of nitrogens with zero attached hydrogens (tertiary/aromatic N) is 2. The van der Waals surface area contributed by atoms with E-state index in [0.29, 0.717) is 5.82 Å². The van der Waals surface area contributed by atoms with E-state index in [2.05, 4.69) is 115 Å². The maximum Gasteiger partial charge on any atom is 0.160 e. The van der Waals surface area contributed by atoms with Crippen LogP contribution in [0, 0.1) is 0 Å². The molecule has 0 fully saturated rings. The molecule has 0 bridgehead atoms. The van der Waals surface area contributed by atoms with Gasteiger partial charge in [-0.1, -0.05) is 127 Å². The molecular formula is C40H26N2O. The highest BCUT2D eigenvalue weighted by Gasteiger charge is 2.14. The standard InChI is InChI=1S/C40H26N2O/c1-4-10-27(11-5-1)28-16-18-29(19-17-28)32-21-23-38-35(24-32)34-22-20-33(25-39(34)43-38)40-41-36(30-12-6-2-7-13-30)26-37(42-40)31-14-8-3-9-15-31/h1-26H. The van der Waals surface area contributed by atoms with E-state index >= 15 is 0 Å². The lowest BCUT2D eigenvalue weighted by atomic mass is 9.99. The molecule has 0 aliphatic heterocycles. The highest BCUT2D eigenvalue weighted by Crippen LogP contribution is 2.36. The lowest BCUT2D eigenvalue weighted by molar-refractivity contribution is 0.669. The Morgan fingerprint density at radius 3 is 1.42 bits per heavy atom. The maximum absolute atomic E-state index is 6.36. The van der Waals surface area contributed by atoms with Crippen molar-refractivity contribution in [2.75, 3.05) is 0 Å². The minimum atomic E-state index is 0.668. The molecule has 6 aromatic carbocycles. The van der Waals surface area contributed by atoms with Crippen molar-refractivity contribution in [1.29, 1.82) is 0 Å². The fourth-order valence-electron chi connectivity index (χ4n) is 5.67. The molecule has 3 nitrogen and oxygen atoms in total. The fourth-order valence-corrected chi connectivity index (χ4v) is 5.67. The number of hydrogen-bond donors (Lipinski definition) is 0. The molecule has 0 saturated carbocycles.